The summed E-state index contributed by atoms with van der Waals surface area (Å²) in [4.78, 5) is 0. The molecule has 106 valence electrons. The van der Waals surface area contributed by atoms with E-state index in [-0.39, 0.29) is 11.4 Å². The highest BCUT2D eigenvalue weighted by atomic mass is 19.1. The van der Waals surface area contributed by atoms with Crippen molar-refractivity contribution in [3.8, 4) is 22.4 Å². The Kier molecular flexibility index (Phi) is 3.17. The van der Waals surface area contributed by atoms with Crippen LogP contribution in [-0.2, 0) is 0 Å². The van der Waals surface area contributed by atoms with Gasteiger partial charge in [0.25, 0.3) is 0 Å². The van der Waals surface area contributed by atoms with Crippen LogP contribution in [-0.4, -0.2) is 5.16 Å². The Hall–Kier alpha value is -2.69. The van der Waals surface area contributed by atoms with E-state index in [1.165, 1.54) is 12.1 Å². The zero-order chi connectivity index (χ0) is 15.0. The fourth-order valence-electron chi connectivity index (χ4n) is 2.24. The second-order valence-corrected chi connectivity index (χ2v) is 4.76. The SMILES string of the molecule is Cc1cccc(-c2noc(N)c2-c2ccc(F)cc2F)c1. The molecule has 1 aromatic heterocycles. The molecule has 0 saturated heterocycles. The van der Waals surface area contributed by atoms with Crippen molar-refractivity contribution in [3.63, 3.8) is 0 Å². The fourth-order valence-corrected chi connectivity index (χ4v) is 2.24. The van der Waals surface area contributed by atoms with Crippen molar-refractivity contribution in [2.75, 3.05) is 5.73 Å². The van der Waals surface area contributed by atoms with Gasteiger partial charge in [-0.1, -0.05) is 28.9 Å². The first kappa shape index (κ1) is 13.3. The second kappa shape index (κ2) is 5.01. The van der Waals surface area contributed by atoms with Crippen LogP contribution in [0.5, 0.6) is 0 Å². The Labute approximate surface area is 120 Å². The lowest BCUT2D eigenvalue weighted by atomic mass is 9.99. The molecule has 3 nitrogen and oxygen atoms in total. The number of aromatic nitrogens is 1. The summed E-state index contributed by atoms with van der Waals surface area (Å²) in [6.07, 6.45) is 0. The van der Waals surface area contributed by atoms with E-state index in [9.17, 15) is 8.78 Å². The zero-order valence-electron chi connectivity index (χ0n) is 11.2. The van der Waals surface area contributed by atoms with Gasteiger partial charge in [0.2, 0.25) is 5.88 Å². The smallest absolute Gasteiger partial charge is 0.230 e. The van der Waals surface area contributed by atoms with Crippen molar-refractivity contribution in [2.24, 2.45) is 0 Å². The summed E-state index contributed by atoms with van der Waals surface area (Å²) in [7, 11) is 0. The standard InChI is InChI=1S/C16H12F2N2O/c1-9-3-2-4-10(7-9)15-14(16(19)21-20-15)12-6-5-11(17)8-13(12)18/h2-8H,19H2,1H3. The summed E-state index contributed by atoms with van der Waals surface area (Å²) < 4.78 is 32.1. The molecule has 0 atom stereocenters. The first-order chi connectivity index (χ1) is 10.1. The van der Waals surface area contributed by atoms with Crippen molar-refractivity contribution in [2.45, 2.75) is 6.92 Å². The monoisotopic (exact) mass is 286 g/mol. The summed E-state index contributed by atoms with van der Waals surface area (Å²) in [5.74, 6) is -1.36. The Balaban J connectivity index is 2.22. The van der Waals surface area contributed by atoms with Crippen LogP contribution in [0.3, 0.4) is 0 Å². The highest BCUT2D eigenvalue weighted by Crippen LogP contribution is 2.37. The van der Waals surface area contributed by atoms with Crippen molar-refractivity contribution in [1.82, 2.24) is 5.16 Å². The molecule has 2 N–H and O–H groups in total. The van der Waals surface area contributed by atoms with Crippen molar-refractivity contribution >= 4 is 5.88 Å². The normalized spacial score (nSPS) is 10.8. The molecule has 0 unspecified atom stereocenters. The number of benzene rings is 2. The molecule has 0 aliphatic rings. The molecule has 0 amide bonds. The molecule has 1 heterocycles. The first-order valence-electron chi connectivity index (χ1n) is 6.34. The predicted molar refractivity (Wildman–Crippen MR) is 76.4 cm³/mol. The number of halogens is 2. The minimum absolute atomic E-state index is 0.00276. The summed E-state index contributed by atoms with van der Waals surface area (Å²) in [6.45, 7) is 1.94. The second-order valence-electron chi connectivity index (χ2n) is 4.76. The summed E-state index contributed by atoms with van der Waals surface area (Å²) >= 11 is 0. The Morgan fingerprint density at radius 3 is 2.62 bits per heavy atom. The molecule has 0 spiro atoms. The molecule has 0 aliphatic carbocycles. The largest absolute Gasteiger partial charge is 0.367 e. The molecule has 2 aromatic carbocycles. The Morgan fingerprint density at radius 2 is 1.90 bits per heavy atom. The predicted octanol–water partition coefficient (Wildman–Crippen LogP) is 4.18. The summed E-state index contributed by atoms with van der Waals surface area (Å²) in [5, 5.41) is 3.91. The number of nitrogens with zero attached hydrogens (tertiary/aromatic N) is 1. The van der Waals surface area contributed by atoms with Gasteiger partial charge < -0.3 is 10.3 Å². The van der Waals surface area contributed by atoms with E-state index in [0.29, 0.717) is 11.3 Å². The van der Waals surface area contributed by atoms with Crippen molar-refractivity contribution in [1.29, 1.82) is 0 Å². The number of aryl methyl sites for hydroxylation is 1. The van der Waals surface area contributed by atoms with Gasteiger partial charge in [0.15, 0.2) is 0 Å². The van der Waals surface area contributed by atoms with Crippen molar-refractivity contribution < 1.29 is 13.3 Å². The molecule has 5 heteroatoms. The van der Waals surface area contributed by atoms with Crippen LogP contribution in [0.15, 0.2) is 47.0 Å². The number of nitrogens with two attached hydrogens (primary N) is 1. The molecule has 0 fully saturated rings. The Morgan fingerprint density at radius 1 is 1.10 bits per heavy atom. The third-order valence-electron chi connectivity index (χ3n) is 3.21. The maximum absolute atomic E-state index is 14.0. The van der Waals surface area contributed by atoms with Crippen LogP contribution >= 0.6 is 0 Å². The van der Waals surface area contributed by atoms with E-state index in [4.69, 9.17) is 10.3 Å². The lowest BCUT2D eigenvalue weighted by Crippen LogP contribution is -1.92. The van der Waals surface area contributed by atoms with E-state index < -0.39 is 11.6 Å². The van der Waals surface area contributed by atoms with E-state index >= 15 is 0 Å². The van der Waals surface area contributed by atoms with Gasteiger partial charge in [-0.25, -0.2) is 8.78 Å². The van der Waals surface area contributed by atoms with Crippen molar-refractivity contribution in [3.05, 3.63) is 59.7 Å². The van der Waals surface area contributed by atoms with E-state index in [0.717, 1.165) is 17.2 Å². The maximum atomic E-state index is 14.0. The zero-order valence-corrected chi connectivity index (χ0v) is 11.2. The average molecular weight is 286 g/mol. The molecule has 0 radical (unpaired) electrons. The molecule has 0 aliphatic heterocycles. The first-order valence-corrected chi connectivity index (χ1v) is 6.34. The average Bonchev–Trinajstić information content (AvgIpc) is 2.81. The molecular weight excluding hydrogens is 274 g/mol. The number of rotatable bonds is 2. The van der Waals surface area contributed by atoms with Gasteiger partial charge in [-0.3, -0.25) is 0 Å². The molecular formula is C16H12F2N2O. The van der Waals surface area contributed by atoms with Crippen LogP contribution in [0.25, 0.3) is 22.4 Å². The Bertz CT molecular complexity index is 812. The van der Waals surface area contributed by atoms with Gasteiger partial charge >= 0.3 is 0 Å². The minimum Gasteiger partial charge on any atom is -0.367 e. The summed E-state index contributed by atoms with van der Waals surface area (Å²) in [6, 6.07) is 10.8. The third-order valence-corrected chi connectivity index (χ3v) is 3.21. The molecule has 21 heavy (non-hydrogen) atoms. The van der Waals surface area contributed by atoms with E-state index in [1.807, 2.05) is 31.2 Å². The van der Waals surface area contributed by atoms with Gasteiger partial charge in [0.05, 0.1) is 5.56 Å². The number of nitrogen functional groups attached to an aromatic ring is 1. The number of hydrogen-bond acceptors (Lipinski definition) is 3. The van der Waals surface area contributed by atoms with Crippen LogP contribution in [0.1, 0.15) is 5.56 Å². The van der Waals surface area contributed by atoms with Crippen LogP contribution in [0.4, 0.5) is 14.7 Å². The molecule has 3 aromatic rings. The molecule has 0 saturated carbocycles. The topological polar surface area (TPSA) is 52.0 Å². The number of anilines is 1. The highest BCUT2D eigenvalue weighted by Gasteiger charge is 2.20. The van der Waals surface area contributed by atoms with Crippen LogP contribution in [0, 0.1) is 18.6 Å². The fraction of sp³-hybridized carbons (Fsp3) is 0.0625. The maximum Gasteiger partial charge on any atom is 0.230 e. The van der Waals surface area contributed by atoms with Gasteiger partial charge in [-0.05, 0) is 25.1 Å². The van der Waals surface area contributed by atoms with Crippen LogP contribution < -0.4 is 5.73 Å². The van der Waals surface area contributed by atoms with E-state index in [1.54, 1.807) is 0 Å². The van der Waals surface area contributed by atoms with Gasteiger partial charge in [0.1, 0.15) is 17.3 Å². The lowest BCUT2D eigenvalue weighted by Gasteiger charge is -2.05. The summed E-state index contributed by atoms with van der Waals surface area (Å²) in [5.41, 5.74) is 8.47. The minimum atomic E-state index is -0.709. The van der Waals surface area contributed by atoms with Gasteiger partial charge in [0, 0.05) is 17.2 Å². The van der Waals surface area contributed by atoms with Crippen LogP contribution in [0.2, 0.25) is 0 Å². The van der Waals surface area contributed by atoms with Gasteiger partial charge in [-0.2, -0.15) is 0 Å². The third kappa shape index (κ3) is 2.38. The molecule has 3 rings (SSSR count). The quantitative estimate of drug-likeness (QED) is 0.769. The molecule has 0 bridgehead atoms. The van der Waals surface area contributed by atoms with Gasteiger partial charge in [-0.15, -0.1) is 0 Å². The lowest BCUT2D eigenvalue weighted by molar-refractivity contribution is 0.439. The number of hydrogen-bond donors (Lipinski definition) is 1. The highest BCUT2D eigenvalue weighted by molar-refractivity contribution is 5.87. The van der Waals surface area contributed by atoms with E-state index in [2.05, 4.69) is 5.16 Å².